The molecule has 3 heteroatoms. The molecule has 2 aromatic rings. The Kier molecular flexibility index (Phi) is 5.43. The van der Waals surface area contributed by atoms with Crippen LogP contribution in [-0.2, 0) is 6.42 Å². The molecule has 0 amide bonds. The molecule has 0 unspecified atom stereocenters. The molecule has 0 bridgehead atoms. The van der Waals surface area contributed by atoms with E-state index in [1.165, 1.54) is 35.2 Å². The molecule has 2 rings (SSSR count). The molecule has 1 heterocycles. The molecule has 0 fully saturated rings. The molecule has 3 nitrogen and oxygen atoms in total. The summed E-state index contributed by atoms with van der Waals surface area (Å²) in [4.78, 5) is 0. The molecular formula is C18H26N2O. The number of ether oxygens (including phenoxy) is 1. The van der Waals surface area contributed by atoms with Crippen molar-refractivity contribution in [2.24, 2.45) is 0 Å². The number of aromatic amines is 1. The van der Waals surface area contributed by atoms with Crippen LogP contribution in [0.4, 0.5) is 0 Å². The highest BCUT2D eigenvalue weighted by atomic mass is 16.5. The molecule has 0 spiro atoms. The van der Waals surface area contributed by atoms with E-state index in [0.29, 0.717) is 0 Å². The van der Waals surface area contributed by atoms with Crippen molar-refractivity contribution >= 4 is 0 Å². The van der Waals surface area contributed by atoms with Crippen molar-refractivity contribution < 1.29 is 4.74 Å². The van der Waals surface area contributed by atoms with E-state index < -0.39 is 0 Å². The fourth-order valence-corrected chi connectivity index (χ4v) is 2.57. The van der Waals surface area contributed by atoms with Gasteiger partial charge in [-0.25, -0.2) is 0 Å². The Labute approximate surface area is 127 Å². The lowest BCUT2D eigenvalue weighted by atomic mass is 10.1. The minimum Gasteiger partial charge on any atom is -0.493 e. The van der Waals surface area contributed by atoms with Crippen molar-refractivity contribution in [2.75, 3.05) is 6.61 Å². The summed E-state index contributed by atoms with van der Waals surface area (Å²) < 4.78 is 5.88. The Bertz CT molecular complexity index is 567. The number of unbranched alkanes of at least 4 members (excludes halogenated alkanes) is 2. The average Bonchev–Trinajstić information content (AvgIpc) is 2.77. The second-order valence-electron chi connectivity index (χ2n) is 5.84. The normalized spacial score (nSPS) is 10.9. The Morgan fingerprint density at radius 1 is 1.05 bits per heavy atom. The number of rotatable bonds is 7. The maximum Gasteiger partial charge on any atom is 0.122 e. The smallest absolute Gasteiger partial charge is 0.122 e. The van der Waals surface area contributed by atoms with Crippen LogP contribution < -0.4 is 4.74 Å². The van der Waals surface area contributed by atoms with Crippen LogP contribution in [0.5, 0.6) is 5.75 Å². The van der Waals surface area contributed by atoms with Crippen LogP contribution in [0.3, 0.4) is 0 Å². The van der Waals surface area contributed by atoms with Crippen LogP contribution in [0.25, 0.3) is 0 Å². The van der Waals surface area contributed by atoms with Gasteiger partial charge in [-0.3, -0.25) is 5.10 Å². The van der Waals surface area contributed by atoms with Gasteiger partial charge in [0.15, 0.2) is 0 Å². The van der Waals surface area contributed by atoms with Gasteiger partial charge >= 0.3 is 0 Å². The third-order valence-corrected chi connectivity index (χ3v) is 3.95. The second-order valence-corrected chi connectivity index (χ2v) is 5.84. The summed E-state index contributed by atoms with van der Waals surface area (Å²) >= 11 is 0. The highest BCUT2D eigenvalue weighted by Gasteiger charge is 2.05. The minimum absolute atomic E-state index is 0.799. The van der Waals surface area contributed by atoms with E-state index in [0.717, 1.165) is 30.9 Å². The van der Waals surface area contributed by atoms with E-state index in [9.17, 15) is 0 Å². The first-order valence-corrected chi connectivity index (χ1v) is 7.78. The molecule has 114 valence electrons. The third-order valence-electron chi connectivity index (χ3n) is 3.95. The largest absolute Gasteiger partial charge is 0.493 e. The zero-order valence-electron chi connectivity index (χ0n) is 13.6. The van der Waals surface area contributed by atoms with Gasteiger partial charge in [0.05, 0.1) is 12.3 Å². The van der Waals surface area contributed by atoms with Gasteiger partial charge in [0.25, 0.3) is 0 Å². The number of nitrogens with zero attached hydrogens (tertiary/aromatic N) is 1. The van der Waals surface area contributed by atoms with E-state index in [2.05, 4.69) is 56.1 Å². The van der Waals surface area contributed by atoms with Crippen molar-refractivity contribution in [1.82, 2.24) is 10.2 Å². The standard InChI is InChI=1S/C18H26N2O/c1-13-9-10-14(2)18(12-13)21-11-7-5-6-8-17-15(3)19-20-16(17)4/h9-10,12H,5-8,11H2,1-4H3,(H,19,20). The molecule has 0 aliphatic carbocycles. The first-order valence-electron chi connectivity index (χ1n) is 7.78. The van der Waals surface area contributed by atoms with Crippen LogP contribution in [0, 0.1) is 27.7 Å². The first kappa shape index (κ1) is 15.6. The van der Waals surface area contributed by atoms with Crippen LogP contribution in [0.15, 0.2) is 18.2 Å². The summed E-state index contributed by atoms with van der Waals surface area (Å²) in [5.74, 6) is 1.02. The van der Waals surface area contributed by atoms with Crippen LogP contribution in [-0.4, -0.2) is 16.8 Å². The molecule has 1 N–H and O–H groups in total. The topological polar surface area (TPSA) is 37.9 Å². The van der Waals surface area contributed by atoms with Crippen molar-refractivity contribution in [3.05, 3.63) is 46.3 Å². The van der Waals surface area contributed by atoms with Crippen molar-refractivity contribution in [3.63, 3.8) is 0 Å². The van der Waals surface area contributed by atoms with Gasteiger partial charge in [-0.2, -0.15) is 5.10 Å². The van der Waals surface area contributed by atoms with Crippen molar-refractivity contribution in [3.8, 4) is 5.75 Å². The van der Waals surface area contributed by atoms with Crippen molar-refractivity contribution in [2.45, 2.75) is 53.4 Å². The predicted octanol–water partition coefficient (Wildman–Crippen LogP) is 4.44. The summed E-state index contributed by atoms with van der Waals surface area (Å²) in [6, 6.07) is 6.36. The fraction of sp³-hybridized carbons (Fsp3) is 0.500. The molecule has 0 radical (unpaired) electrons. The first-order chi connectivity index (χ1) is 10.1. The molecule has 0 atom stereocenters. The van der Waals surface area contributed by atoms with E-state index >= 15 is 0 Å². The lowest BCUT2D eigenvalue weighted by molar-refractivity contribution is 0.303. The van der Waals surface area contributed by atoms with Gasteiger partial charge in [0.1, 0.15) is 5.75 Å². The number of benzene rings is 1. The molecule has 0 saturated heterocycles. The van der Waals surface area contributed by atoms with Crippen LogP contribution in [0.2, 0.25) is 0 Å². The van der Waals surface area contributed by atoms with Gasteiger partial charge in [0.2, 0.25) is 0 Å². The molecule has 21 heavy (non-hydrogen) atoms. The fourth-order valence-electron chi connectivity index (χ4n) is 2.57. The van der Waals surface area contributed by atoms with Gasteiger partial charge in [0, 0.05) is 5.69 Å². The maximum absolute atomic E-state index is 5.88. The SMILES string of the molecule is Cc1ccc(C)c(OCCCCCc2c(C)n[nH]c2C)c1. The van der Waals surface area contributed by atoms with Gasteiger partial charge in [-0.05, 0) is 76.1 Å². The number of H-pyrrole nitrogens is 1. The van der Waals surface area contributed by atoms with Gasteiger partial charge < -0.3 is 4.74 Å². The number of hydrogen-bond donors (Lipinski definition) is 1. The molecule has 0 aliphatic rings. The van der Waals surface area contributed by atoms with Crippen molar-refractivity contribution in [1.29, 1.82) is 0 Å². The summed E-state index contributed by atoms with van der Waals surface area (Å²) in [6.07, 6.45) is 4.59. The number of nitrogens with one attached hydrogen (secondary N) is 1. The summed E-state index contributed by atoms with van der Waals surface area (Å²) in [5.41, 5.74) is 6.19. The van der Waals surface area contributed by atoms with E-state index in [-0.39, 0.29) is 0 Å². The monoisotopic (exact) mass is 286 g/mol. The lowest BCUT2D eigenvalue weighted by Crippen LogP contribution is -2.00. The Morgan fingerprint density at radius 2 is 1.86 bits per heavy atom. The number of aryl methyl sites for hydroxylation is 4. The highest BCUT2D eigenvalue weighted by molar-refractivity contribution is 5.35. The Balaban J connectivity index is 1.67. The Morgan fingerprint density at radius 3 is 2.57 bits per heavy atom. The molecule has 1 aromatic heterocycles. The number of aromatic nitrogens is 2. The molecule has 1 aromatic carbocycles. The quantitative estimate of drug-likeness (QED) is 0.764. The lowest BCUT2D eigenvalue weighted by Gasteiger charge is -2.10. The maximum atomic E-state index is 5.88. The molecule has 0 saturated carbocycles. The summed E-state index contributed by atoms with van der Waals surface area (Å²) in [6.45, 7) is 9.16. The van der Waals surface area contributed by atoms with Gasteiger partial charge in [-0.15, -0.1) is 0 Å². The summed E-state index contributed by atoms with van der Waals surface area (Å²) in [5, 5.41) is 7.29. The number of hydrogen-bond acceptors (Lipinski definition) is 2. The van der Waals surface area contributed by atoms with Gasteiger partial charge in [-0.1, -0.05) is 12.1 Å². The molecule has 0 aliphatic heterocycles. The second kappa shape index (κ2) is 7.30. The molecular weight excluding hydrogens is 260 g/mol. The third kappa shape index (κ3) is 4.35. The van der Waals surface area contributed by atoms with Crippen LogP contribution in [0.1, 0.15) is 47.3 Å². The van der Waals surface area contributed by atoms with E-state index in [4.69, 9.17) is 4.74 Å². The zero-order chi connectivity index (χ0) is 15.2. The average molecular weight is 286 g/mol. The minimum atomic E-state index is 0.799. The van der Waals surface area contributed by atoms with Crippen LogP contribution >= 0.6 is 0 Å². The van der Waals surface area contributed by atoms with E-state index in [1.54, 1.807) is 0 Å². The summed E-state index contributed by atoms with van der Waals surface area (Å²) in [7, 11) is 0. The predicted molar refractivity (Wildman–Crippen MR) is 87.0 cm³/mol. The zero-order valence-corrected chi connectivity index (χ0v) is 13.6. The Hall–Kier alpha value is -1.77. The highest BCUT2D eigenvalue weighted by Crippen LogP contribution is 2.19. The van der Waals surface area contributed by atoms with E-state index in [1.807, 2.05) is 0 Å².